The maximum atomic E-state index is 11.5. The molecule has 106 valence electrons. The van der Waals surface area contributed by atoms with Gasteiger partial charge in [-0.3, -0.25) is 0 Å². The van der Waals surface area contributed by atoms with E-state index in [9.17, 15) is 8.42 Å². The number of aromatic nitrogens is 2. The van der Waals surface area contributed by atoms with Crippen LogP contribution in [0.3, 0.4) is 0 Å². The van der Waals surface area contributed by atoms with Gasteiger partial charge in [-0.05, 0) is 19.3 Å². The summed E-state index contributed by atoms with van der Waals surface area (Å²) in [5.41, 5.74) is 6.97. The van der Waals surface area contributed by atoms with Gasteiger partial charge in [-0.2, -0.15) is 5.10 Å². The molecule has 0 radical (unpaired) electrons. The summed E-state index contributed by atoms with van der Waals surface area (Å²) in [6, 6.07) is 1.79. The van der Waals surface area contributed by atoms with Crippen molar-refractivity contribution in [1.29, 1.82) is 0 Å². The second kappa shape index (κ2) is 4.79. The Morgan fingerprint density at radius 2 is 2.05 bits per heavy atom. The first kappa shape index (κ1) is 12.9. The third-order valence-electron chi connectivity index (χ3n) is 3.98. The Hall–Kier alpha value is -1.08. The SMILES string of the molecule is Nc1cc(C2CCOCC2)nn1C1CCS(=O)(=O)C1. The molecule has 0 bridgehead atoms. The third-order valence-corrected chi connectivity index (χ3v) is 5.73. The van der Waals surface area contributed by atoms with Crippen molar-refractivity contribution in [3.8, 4) is 0 Å². The van der Waals surface area contributed by atoms with Crippen LogP contribution in [0.15, 0.2) is 6.07 Å². The first-order chi connectivity index (χ1) is 9.05. The van der Waals surface area contributed by atoms with Gasteiger partial charge in [0, 0.05) is 25.2 Å². The number of nitrogens with two attached hydrogens (primary N) is 1. The first-order valence-electron chi connectivity index (χ1n) is 6.68. The molecule has 19 heavy (non-hydrogen) atoms. The Bertz CT molecular complexity index is 561. The van der Waals surface area contributed by atoms with E-state index in [-0.39, 0.29) is 17.5 Å². The van der Waals surface area contributed by atoms with Crippen LogP contribution < -0.4 is 5.73 Å². The molecule has 1 aromatic heterocycles. The molecular weight excluding hydrogens is 266 g/mol. The second-order valence-corrected chi connectivity index (χ2v) is 7.61. The minimum Gasteiger partial charge on any atom is -0.384 e. The normalized spacial score (nSPS) is 27.7. The molecule has 2 fully saturated rings. The van der Waals surface area contributed by atoms with Crippen LogP contribution in [-0.2, 0) is 14.6 Å². The van der Waals surface area contributed by atoms with E-state index < -0.39 is 9.84 Å². The fourth-order valence-corrected chi connectivity index (χ4v) is 4.57. The van der Waals surface area contributed by atoms with Gasteiger partial charge in [0.2, 0.25) is 0 Å². The summed E-state index contributed by atoms with van der Waals surface area (Å²) in [6.45, 7) is 1.52. The fraction of sp³-hybridized carbons (Fsp3) is 0.750. The van der Waals surface area contributed by atoms with E-state index in [0.29, 0.717) is 18.2 Å². The predicted molar refractivity (Wildman–Crippen MR) is 71.7 cm³/mol. The highest BCUT2D eigenvalue weighted by atomic mass is 32.2. The van der Waals surface area contributed by atoms with E-state index in [4.69, 9.17) is 10.5 Å². The molecule has 1 aromatic rings. The molecule has 2 N–H and O–H groups in total. The van der Waals surface area contributed by atoms with Gasteiger partial charge in [-0.1, -0.05) is 0 Å². The van der Waals surface area contributed by atoms with Crippen LogP contribution >= 0.6 is 0 Å². The van der Waals surface area contributed by atoms with Crippen molar-refractivity contribution < 1.29 is 13.2 Å². The molecule has 7 heteroatoms. The molecule has 6 nitrogen and oxygen atoms in total. The number of rotatable bonds is 2. The molecule has 1 atom stereocenters. The topological polar surface area (TPSA) is 87.2 Å². The molecule has 0 aromatic carbocycles. The number of nitrogen functional groups attached to an aromatic ring is 1. The van der Waals surface area contributed by atoms with Crippen molar-refractivity contribution in [2.24, 2.45) is 0 Å². The monoisotopic (exact) mass is 285 g/mol. The maximum Gasteiger partial charge on any atom is 0.152 e. The van der Waals surface area contributed by atoms with Gasteiger partial charge in [0.05, 0.1) is 23.2 Å². The van der Waals surface area contributed by atoms with E-state index in [1.54, 1.807) is 4.68 Å². The summed E-state index contributed by atoms with van der Waals surface area (Å²) in [7, 11) is -2.91. The van der Waals surface area contributed by atoms with Crippen LogP contribution in [0.1, 0.15) is 36.9 Å². The molecule has 1 unspecified atom stereocenters. The number of anilines is 1. The van der Waals surface area contributed by atoms with Gasteiger partial charge in [-0.25, -0.2) is 13.1 Å². The lowest BCUT2D eigenvalue weighted by Gasteiger charge is -2.20. The molecule has 0 saturated carbocycles. The van der Waals surface area contributed by atoms with Crippen molar-refractivity contribution in [2.75, 3.05) is 30.5 Å². The van der Waals surface area contributed by atoms with Gasteiger partial charge in [-0.15, -0.1) is 0 Å². The minimum atomic E-state index is -2.91. The van der Waals surface area contributed by atoms with Crippen molar-refractivity contribution in [3.05, 3.63) is 11.8 Å². The Kier molecular flexibility index (Phi) is 3.26. The lowest BCUT2D eigenvalue weighted by Crippen LogP contribution is -2.17. The molecule has 3 rings (SSSR count). The van der Waals surface area contributed by atoms with E-state index in [1.807, 2.05) is 6.07 Å². The molecule has 3 heterocycles. The third kappa shape index (κ3) is 2.62. The average Bonchev–Trinajstić information content (AvgIpc) is 2.93. The van der Waals surface area contributed by atoms with Gasteiger partial charge in [0.1, 0.15) is 5.82 Å². The summed E-state index contributed by atoms with van der Waals surface area (Å²) in [5.74, 6) is 1.36. The summed E-state index contributed by atoms with van der Waals surface area (Å²) < 4.78 is 30.1. The van der Waals surface area contributed by atoms with Gasteiger partial charge >= 0.3 is 0 Å². The van der Waals surface area contributed by atoms with E-state index in [0.717, 1.165) is 31.7 Å². The van der Waals surface area contributed by atoms with Crippen LogP contribution in [0, 0.1) is 0 Å². The van der Waals surface area contributed by atoms with Crippen LogP contribution in [0.4, 0.5) is 5.82 Å². The van der Waals surface area contributed by atoms with Crippen molar-refractivity contribution in [2.45, 2.75) is 31.2 Å². The fourth-order valence-electron chi connectivity index (χ4n) is 2.88. The molecule has 0 spiro atoms. The van der Waals surface area contributed by atoms with Crippen LogP contribution in [-0.4, -0.2) is 42.9 Å². The van der Waals surface area contributed by atoms with E-state index in [1.165, 1.54) is 0 Å². The number of hydrogen-bond donors (Lipinski definition) is 1. The van der Waals surface area contributed by atoms with Crippen LogP contribution in [0.5, 0.6) is 0 Å². The lowest BCUT2D eigenvalue weighted by atomic mass is 9.97. The summed E-state index contributed by atoms with van der Waals surface area (Å²) in [4.78, 5) is 0. The Labute approximate surface area is 112 Å². The summed E-state index contributed by atoms with van der Waals surface area (Å²) in [6.07, 6.45) is 2.53. The Morgan fingerprint density at radius 3 is 2.68 bits per heavy atom. The van der Waals surface area contributed by atoms with Crippen molar-refractivity contribution in [3.63, 3.8) is 0 Å². The highest BCUT2D eigenvalue weighted by Gasteiger charge is 2.31. The zero-order valence-corrected chi connectivity index (χ0v) is 11.6. The van der Waals surface area contributed by atoms with E-state index >= 15 is 0 Å². The zero-order valence-electron chi connectivity index (χ0n) is 10.8. The van der Waals surface area contributed by atoms with Crippen molar-refractivity contribution in [1.82, 2.24) is 9.78 Å². The molecule has 2 saturated heterocycles. The van der Waals surface area contributed by atoms with Crippen molar-refractivity contribution >= 4 is 15.7 Å². The molecule has 2 aliphatic rings. The lowest BCUT2D eigenvalue weighted by molar-refractivity contribution is 0.0843. The smallest absolute Gasteiger partial charge is 0.152 e. The predicted octanol–water partition coefficient (Wildman–Crippen LogP) is 0.719. The number of hydrogen-bond acceptors (Lipinski definition) is 5. The average molecular weight is 285 g/mol. The summed E-state index contributed by atoms with van der Waals surface area (Å²) in [5, 5.41) is 4.55. The largest absolute Gasteiger partial charge is 0.384 e. The van der Waals surface area contributed by atoms with Crippen LogP contribution in [0.2, 0.25) is 0 Å². The second-order valence-electron chi connectivity index (χ2n) is 5.38. The highest BCUT2D eigenvalue weighted by molar-refractivity contribution is 7.91. The van der Waals surface area contributed by atoms with Crippen LogP contribution in [0.25, 0.3) is 0 Å². The quantitative estimate of drug-likeness (QED) is 0.865. The van der Waals surface area contributed by atoms with E-state index in [2.05, 4.69) is 5.10 Å². The van der Waals surface area contributed by atoms with Gasteiger partial charge in [0.15, 0.2) is 9.84 Å². The molecule has 0 aliphatic carbocycles. The maximum absolute atomic E-state index is 11.5. The molecule has 2 aliphatic heterocycles. The first-order valence-corrected chi connectivity index (χ1v) is 8.50. The summed E-state index contributed by atoms with van der Waals surface area (Å²) >= 11 is 0. The van der Waals surface area contributed by atoms with Gasteiger partial charge in [0.25, 0.3) is 0 Å². The molecular formula is C12H19N3O3S. The zero-order chi connectivity index (χ0) is 13.5. The Balaban J connectivity index is 1.81. The number of sulfone groups is 1. The number of nitrogens with zero attached hydrogens (tertiary/aromatic N) is 2. The minimum absolute atomic E-state index is 0.0985. The highest BCUT2D eigenvalue weighted by Crippen LogP contribution is 2.31. The van der Waals surface area contributed by atoms with Gasteiger partial charge < -0.3 is 10.5 Å². The number of ether oxygens (including phenoxy) is 1. The molecule has 0 amide bonds. The Morgan fingerprint density at radius 1 is 1.32 bits per heavy atom. The standard InChI is InChI=1S/C12H19N3O3S/c13-12-7-11(9-1-4-18-5-2-9)14-15(12)10-3-6-19(16,17)8-10/h7,9-10H,1-6,8,13H2.